The molecule has 0 heterocycles. The molecule has 60 valence electrons. The highest BCUT2D eigenvalue weighted by molar-refractivity contribution is 4.77. The number of nitrogens with one attached hydrogen (secondary N) is 1. The van der Waals surface area contributed by atoms with Crippen LogP contribution >= 0.6 is 0 Å². The van der Waals surface area contributed by atoms with Gasteiger partial charge in [-0.05, 0) is 20.0 Å². The van der Waals surface area contributed by atoms with Crippen LogP contribution in [0.15, 0.2) is 12.8 Å². The van der Waals surface area contributed by atoms with Crippen LogP contribution in [-0.2, 0) is 0 Å². The zero-order valence-corrected chi connectivity index (χ0v) is 6.89. The zero-order chi connectivity index (χ0) is 8.15. The predicted octanol–water partition coefficient (Wildman–Crippen LogP) is 2.10. The van der Waals surface area contributed by atoms with Gasteiger partial charge in [-0.15, -0.1) is 0 Å². The Bertz CT molecular complexity index is 101. The summed E-state index contributed by atoms with van der Waals surface area (Å²) in [6.07, 6.45) is 0.839. The Balaban J connectivity index is 3.68. The minimum Gasteiger partial charge on any atom is -0.389 e. The standard InChI is InChI=1S/C8H16FN/c1-5-10-8(4)6(2)7(3)9/h5-8,10H,1H2,2-4H3. The van der Waals surface area contributed by atoms with Crippen molar-refractivity contribution in [2.75, 3.05) is 0 Å². The van der Waals surface area contributed by atoms with E-state index in [0.29, 0.717) is 0 Å². The Labute approximate surface area is 62.3 Å². The lowest BCUT2D eigenvalue weighted by molar-refractivity contribution is 0.228. The van der Waals surface area contributed by atoms with Crippen LogP contribution in [0.5, 0.6) is 0 Å². The first-order chi connectivity index (χ1) is 4.59. The van der Waals surface area contributed by atoms with Gasteiger partial charge >= 0.3 is 0 Å². The summed E-state index contributed by atoms with van der Waals surface area (Å²) in [5.74, 6) is 0.0398. The summed E-state index contributed by atoms with van der Waals surface area (Å²) < 4.78 is 12.6. The molecule has 3 unspecified atom stereocenters. The fourth-order valence-corrected chi connectivity index (χ4v) is 0.735. The van der Waals surface area contributed by atoms with Gasteiger partial charge in [0.15, 0.2) is 0 Å². The van der Waals surface area contributed by atoms with Gasteiger partial charge < -0.3 is 5.32 Å². The number of hydrogen-bond acceptors (Lipinski definition) is 1. The first-order valence-electron chi connectivity index (χ1n) is 3.60. The zero-order valence-electron chi connectivity index (χ0n) is 6.89. The van der Waals surface area contributed by atoms with Crippen LogP contribution in [0.4, 0.5) is 4.39 Å². The average molecular weight is 145 g/mol. The molecule has 0 radical (unpaired) electrons. The highest BCUT2D eigenvalue weighted by Crippen LogP contribution is 2.10. The maximum Gasteiger partial charge on any atom is 0.102 e. The van der Waals surface area contributed by atoms with Crippen LogP contribution in [-0.4, -0.2) is 12.2 Å². The summed E-state index contributed by atoms with van der Waals surface area (Å²) in [6, 6.07) is 0.164. The van der Waals surface area contributed by atoms with Gasteiger partial charge in [-0.2, -0.15) is 0 Å². The van der Waals surface area contributed by atoms with E-state index in [1.54, 1.807) is 13.1 Å². The molecule has 1 N–H and O–H groups in total. The third-order valence-corrected chi connectivity index (χ3v) is 1.89. The van der Waals surface area contributed by atoms with Gasteiger partial charge in [0, 0.05) is 12.0 Å². The molecule has 0 spiro atoms. The molecule has 0 saturated heterocycles. The molecule has 3 atom stereocenters. The Morgan fingerprint density at radius 1 is 1.40 bits per heavy atom. The first-order valence-corrected chi connectivity index (χ1v) is 3.60. The Hall–Kier alpha value is -0.530. The third kappa shape index (κ3) is 2.85. The summed E-state index contributed by atoms with van der Waals surface area (Å²) in [7, 11) is 0. The Kier molecular flexibility index (Phi) is 4.08. The molecule has 0 bridgehead atoms. The molecular formula is C8H16FN. The van der Waals surface area contributed by atoms with Crippen molar-refractivity contribution in [3.63, 3.8) is 0 Å². The highest BCUT2D eigenvalue weighted by atomic mass is 19.1. The molecule has 0 saturated carbocycles. The van der Waals surface area contributed by atoms with E-state index in [2.05, 4.69) is 11.9 Å². The minimum atomic E-state index is -0.762. The van der Waals surface area contributed by atoms with Gasteiger partial charge in [0.1, 0.15) is 6.17 Å². The topological polar surface area (TPSA) is 12.0 Å². The van der Waals surface area contributed by atoms with Crippen molar-refractivity contribution < 1.29 is 4.39 Å². The molecule has 0 aliphatic rings. The van der Waals surface area contributed by atoms with Crippen LogP contribution < -0.4 is 5.32 Å². The van der Waals surface area contributed by atoms with Crippen molar-refractivity contribution in [2.45, 2.75) is 33.0 Å². The summed E-state index contributed by atoms with van der Waals surface area (Å²) >= 11 is 0. The highest BCUT2D eigenvalue weighted by Gasteiger charge is 2.16. The number of hydrogen-bond donors (Lipinski definition) is 1. The largest absolute Gasteiger partial charge is 0.389 e. The maximum atomic E-state index is 12.6. The van der Waals surface area contributed by atoms with Gasteiger partial charge in [0.05, 0.1) is 0 Å². The minimum absolute atomic E-state index is 0.0398. The molecule has 0 aliphatic heterocycles. The lowest BCUT2D eigenvalue weighted by Crippen LogP contribution is -2.32. The number of rotatable bonds is 4. The SMILES string of the molecule is C=CNC(C)C(C)C(C)F. The van der Waals surface area contributed by atoms with Crippen molar-refractivity contribution in [3.8, 4) is 0 Å². The smallest absolute Gasteiger partial charge is 0.102 e. The molecule has 0 rings (SSSR count). The molecule has 1 nitrogen and oxygen atoms in total. The second-order valence-corrected chi connectivity index (χ2v) is 2.70. The van der Waals surface area contributed by atoms with Crippen LogP contribution in [0.2, 0.25) is 0 Å². The van der Waals surface area contributed by atoms with Gasteiger partial charge in [0.25, 0.3) is 0 Å². The molecule has 0 aromatic rings. The van der Waals surface area contributed by atoms with Crippen molar-refractivity contribution >= 4 is 0 Å². The fourth-order valence-electron chi connectivity index (χ4n) is 0.735. The molecule has 0 fully saturated rings. The first kappa shape index (κ1) is 9.47. The monoisotopic (exact) mass is 145 g/mol. The lowest BCUT2D eigenvalue weighted by atomic mass is 10.00. The van der Waals surface area contributed by atoms with E-state index in [9.17, 15) is 4.39 Å². The van der Waals surface area contributed by atoms with Crippen molar-refractivity contribution in [1.82, 2.24) is 5.32 Å². The van der Waals surface area contributed by atoms with Crippen LogP contribution in [0.25, 0.3) is 0 Å². The van der Waals surface area contributed by atoms with Crippen LogP contribution in [0.3, 0.4) is 0 Å². The molecule has 2 heteroatoms. The summed E-state index contributed by atoms with van der Waals surface area (Å²) in [6.45, 7) is 8.91. The van der Waals surface area contributed by atoms with E-state index >= 15 is 0 Å². The van der Waals surface area contributed by atoms with E-state index in [0.717, 1.165) is 0 Å². The molecule has 0 aromatic heterocycles. The molecule has 0 aromatic carbocycles. The average Bonchev–Trinajstić information content (AvgIpc) is 1.87. The van der Waals surface area contributed by atoms with Crippen LogP contribution in [0.1, 0.15) is 20.8 Å². The number of alkyl halides is 1. The normalized spacial score (nSPS) is 19.2. The predicted molar refractivity (Wildman–Crippen MR) is 42.5 cm³/mol. The Morgan fingerprint density at radius 2 is 1.90 bits per heavy atom. The van der Waals surface area contributed by atoms with Crippen molar-refractivity contribution in [2.24, 2.45) is 5.92 Å². The van der Waals surface area contributed by atoms with Gasteiger partial charge in [-0.3, -0.25) is 0 Å². The van der Waals surface area contributed by atoms with Gasteiger partial charge in [0.2, 0.25) is 0 Å². The Morgan fingerprint density at radius 3 is 2.20 bits per heavy atom. The second kappa shape index (κ2) is 4.31. The molecule has 0 aliphatic carbocycles. The lowest BCUT2D eigenvalue weighted by Gasteiger charge is -2.20. The second-order valence-electron chi connectivity index (χ2n) is 2.70. The van der Waals surface area contributed by atoms with E-state index in [-0.39, 0.29) is 12.0 Å². The van der Waals surface area contributed by atoms with Crippen molar-refractivity contribution in [1.29, 1.82) is 0 Å². The third-order valence-electron chi connectivity index (χ3n) is 1.89. The summed E-state index contributed by atoms with van der Waals surface area (Å²) in [4.78, 5) is 0. The van der Waals surface area contributed by atoms with Gasteiger partial charge in [-0.1, -0.05) is 13.5 Å². The van der Waals surface area contributed by atoms with E-state index in [1.807, 2.05) is 13.8 Å². The van der Waals surface area contributed by atoms with E-state index < -0.39 is 6.17 Å². The molecule has 0 amide bonds. The number of halogens is 1. The molecular weight excluding hydrogens is 129 g/mol. The summed E-state index contributed by atoms with van der Waals surface area (Å²) in [5.41, 5.74) is 0. The maximum absolute atomic E-state index is 12.6. The quantitative estimate of drug-likeness (QED) is 0.638. The fraction of sp³-hybridized carbons (Fsp3) is 0.750. The van der Waals surface area contributed by atoms with Crippen molar-refractivity contribution in [3.05, 3.63) is 12.8 Å². The van der Waals surface area contributed by atoms with Gasteiger partial charge in [-0.25, -0.2) is 4.39 Å². The summed E-state index contributed by atoms with van der Waals surface area (Å²) in [5, 5.41) is 2.95. The van der Waals surface area contributed by atoms with Crippen LogP contribution in [0, 0.1) is 5.92 Å². The van der Waals surface area contributed by atoms with E-state index in [1.165, 1.54) is 0 Å². The van der Waals surface area contributed by atoms with E-state index in [4.69, 9.17) is 0 Å². The molecule has 10 heavy (non-hydrogen) atoms.